The van der Waals surface area contributed by atoms with E-state index in [0.717, 1.165) is 37.5 Å². The number of piperidine rings is 1. The Morgan fingerprint density at radius 2 is 1.82 bits per heavy atom. The first-order chi connectivity index (χ1) is 16.6. The molecule has 4 rings (SSSR count). The number of hydrogen-bond acceptors (Lipinski definition) is 6. The summed E-state index contributed by atoms with van der Waals surface area (Å²) in [5.41, 5.74) is 6.95. The van der Waals surface area contributed by atoms with Gasteiger partial charge in [-0.3, -0.25) is 4.57 Å². The highest BCUT2D eigenvalue weighted by Gasteiger charge is 2.21. The molecule has 3 heterocycles. The number of nitrogens with zero attached hydrogens (tertiary/aromatic N) is 4. The number of aromatic amines is 1. The lowest BCUT2D eigenvalue weighted by Gasteiger charge is -2.34. The van der Waals surface area contributed by atoms with E-state index in [1.807, 2.05) is 0 Å². The second kappa shape index (κ2) is 12.6. The van der Waals surface area contributed by atoms with Gasteiger partial charge in [0.2, 0.25) is 0 Å². The van der Waals surface area contributed by atoms with Crippen LogP contribution in [0.3, 0.4) is 0 Å². The zero-order valence-corrected chi connectivity index (χ0v) is 21.1. The number of likely N-dealkylation sites (tertiary alicyclic amines) is 1. The molecule has 2 aromatic rings. The van der Waals surface area contributed by atoms with Crippen molar-refractivity contribution in [1.29, 1.82) is 0 Å². The Bertz CT molecular complexity index is 949. The lowest BCUT2D eigenvalue weighted by atomic mass is 9.86. The highest BCUT2D eigenvalue weighted by Crippen LogP contribution is 2.28. The molecule has 34 heavy (non-hydrogen) atoms. The monoisotopic (exact) mass is 472 g/mol. The number of anilines is 1. The Hall–Kier alpha value is -2.09. The van der Waals surface area contributed by atoms with Gasteiger partial charge in [0.15, 0.2) is 11.5 Å². The second-order valence-corrected chi connectivity index (χ2v) is 10.5. The van der Waals surface area contributed by atoms with Crippen LogP contribution in [0.25, 0.3) is 11.2 Å². The highest BCUT2D eigenvalue weighted by molar-refractivity contribution is 5.81. The van der Waals surface area contributed by atoms with Crippen LogP contribution in [0.1, 0.15) is 90.4 Å². The van der Waals surface area contributed by atoms with E-state index in [0.29, 0.717) is 24.3 Å². The Labute approximate surface area is 203 Å². The molecule has 8 nitrogen and oxygen atoms in total. The van der Waals surface area contributed by atoms with Gasteiger partial charge in [-0.2, -0.15) is 9.97 Å². The quantitative estimate of drug-likeness (QED) is 0.433. The number of ether oxygens (including phenoxy) is 1. The summed E-state index contributed by atoms with van der Waals surface area (Å²) in [6.07, 6.45) is 16.6. The number of imidazole rings is 1. The summed E-state index contributed by atoms with van der Waals surface area (Å²) < 4.78 is 7.33. The van der Waals surface area contributed by atoms with Gasteiger partial charge in [-0.15, -0.1) is 0 Å². The molecule has 1 unspecified atom stereocenters. The van der Waals surface area contributed by atoms with Gasteiger partial charge in [-0.1, -0.05) is 51.9 Å². The average molecular weight is 473 g/mol. The Morgan fingerprint density at radius 3 is 2.65 bits per heavy atom. The summed E-state index contributed by atoms with van der Waals surface area (Å²) in [4.78, 5) is 26.7. The third-order valence-electron chi connectivity index (χ3n) is 7.78. The van der Waals surface area contributed by atoms with Crippen LogP contribution < -0.4 is 16.2 Å². The van der Waals surface area contributed by atoms with Crippen molar-refractivity contribution in [3.05, 3.63) is 10.5 Å². The van der Waals surface area contributed by atoms with Crippen LogP contribution in [0.4, 0.5) is 5.82 Å². The topological polar surface area (TPSA) is 102 Å². The molecule has 3 N–H and O–H groups in total. The predicted molar refractivity (Wildman–Crippen MR) is 137 cm³/mol. The van der Waals surface area contributed by atoms with E-state index in [-0.39, 0.29) is 17.5 Å². The Morgan fingerprint density at radius 1 is 1.00 bits per heavy atom. The molecule has 1 aliphatic heterocycles. The Kier molecular flexibility index (Phi) is 9.25. The standard InChI is InChI=1S/C26H44N6O2/c1-2-3-18-34-25-29-23(27)22-24(30-25)32(26(33)28-22)16-8-7-12-21-13-9-15-31(19-21)17-14-20-10-5-4-6-11-20/h20-21H,2-19H2,1H3,(H,28,33)(H2,27,29,30). The first-order valence-corrected chi connectivity index (χ1v) is 13.7. The van der Waals surface area contributed by atoms with Crippen LogP contribution in [0.5, 0.6) is 6.01 Å². The fraction of sp³-hybridized carbons (Fsp3) is 0.808. The van der Waals surface area contributed by atoms with Crippen LogP contribution in [-0.2, 0) is 6.54 Å². The van der Waals surface area contributed by atoms with E-state index >= 15 is 0 Å². The molecule has 190 valence electrons. The van der Waals surface area contributed by atoms with Gasteiger partial charge in [0.05, 0.1) is 6.61 Å². The molecular formula is C26H44N6O2. The van der Waals surface area contributed by atoms with E-state index in [9.17, 15) is 4.79 Å². The maximum atomic E-state index is 12.5. The number of aryl methyl sites for hydroxylation is 1. The normalized spacial score (nSPS) is 20.2. The van der Waals surface area contributed by atoms with Crippen molar-refractivity contribution in [2.75, 3.05) is 32.0 Å². The van der Waals surface area contributed by atoms with Gasteiger partial charge in [-0.05, 0) is 63.5 Å². The first-order valence-electron chi connectivity index (χ1n) is 13.7. The number of aromatic nitrogens is 4. The molecule has 2 aliphatic rings. The van der Waals surface area contributed by atoms with Crippen molar-refractivity contribution in [3.8, 4) is 6.01 Å². The molecule has 1 aliphatic carbocycles. The summed E-state index contributed by atoms with van der Waals surface area (Å²) in [6, 6.07) is 0.252. The largest absolute Gasteiger partial charge is 0.463 e. The average Bonchev–Trinajstić information content (AvgIpc) is 3.17. The maximum Gasteiger partial charge on any atom is 0.327 e. The minimum absolute atomic E-state index is 0.173. The molecular weight excluding hydrogens is 428 g/mol. The van der Waals surface area contributed by atoms with E-state index in [2.05, 4.69) is 26.8 Å². The summed E-state index contributed by atoms with van der Waals surface area (Å²) in [7, 11) is 0. The van der Waals surface area contributed by atoms with Crippen LogP contribution in [0.2, 0.25) is 0 Å². The van der Waals surface area contributed by atoms with Crippen LogP contribution in [0.15, 0.2) is 4.79 Å². The van der Waals surface area contributed by atoms with Crippen molar-refractivity contribution in [1.82, 2.24) is 24.4 Å². The summed E-state index contributed by atoms with van der Waals surface area (Å²) in [5.74, 6) is 2.03. The molecule has 0 amide bonds. The van der Waals surface area contributed by atoms with Crippen LogP contribution in [-0.4, -0.2) is 50.7 Å². The number of rotatable bonds is 12. The van der Waals surface area contributed by atoms with Crippen LogP contribution >= 0.6 is 0 Å². The van der Waals surface area contributed by atoms with Crippen molar-refractivity contribution in [2.24, 2.45) is 11.8 Å². The first kappa shape index (κ1) is 25.0. The fourth-order valence-electron chi connectivity index (χ4n) is 5.74. The van der Waals surface area contributed by atoms with E-state index in [1.165, 1.54) is 77.4 Å². The van der Waals surface area contributed by atoms with Crippen molar-refractivity contribution >= 4 is 17.0 Å². The zero-order valence-electron chi connectivity index (χ0n) is 21.1. The van der Waals surface area contributed by atoms with Crippen molar-refractivity contribution in [2.45, 2.75) is 96.9 Å². The lowest BCUT2D eigenvalue weighted by molar-refractivity contribution is 0.152. The van der Waals surface area contributed by atoms with Gasteiger partial charge in [-0.25, -0.2) is 4.79 Å². The number of H-pyrrole nitrogens is 1. The van der Waals surface area contributed by atoms with E-state index < -0.39 is 0 Å². The second-order valence-electron chi connectivity index (χ2n) is 10.5. The minimum atomic E-state index is -0.173. The van der Waals surface area contributed by atoms with Crippen molar-refractivity contribution in [3.63, 3.8) is 0 Å². The smallest absolute Gasteiger partial charge is 0.327 e. The molecule has 2 aromatic heterocycles. The zero-order chi connectivity index (χ0) is 23.8. The third kappa shape index (κ3) is 6.74. The van der Waals surface area contributed by atoms with Gasteiger partial charge < -0.3 is 20.4 Å². The molecule has 1 saturated carbocycles. The Balaban J connectivity index is 1.24. The van der Waals surface area contributed by atoms with Gasteiger partial charge in [0, 0.05) is 13.1 Å². The van der Waals surface area contributed by atoms with E-state index in [4.69, 9.17) is 10.5 Å². The SMILES string of the molecule is CCCCOc1nc(N)c2[nH]c(=O)n(CCCCC3CCCN(CCC4CCCCC4)C3)c2n1. The number of fused-ring (bicyclic) bond motifs is 1. The molecule has 8 heteroatoms. The van der Waals surface area contributed by atoms with E-state index in [1.54, 1.807) is 4.57 Å². The molecule has 1 atom stereocenters. The number of nitrogen functional groups attached to an aromatic ring is 1. The molecule has 0 bridgehead atoms. The van der Waals surface area contributed by atoms with Crippen LogP contribution in [0, 0.1) is 11.8 Å². The fourth-order valence-corrected chi connectivity index (χ4v) is 5.74. The van der Waals surface area contributed by atoms with Gasteiger partial charge in [0.25, 0.3) is 0 Å². The van der Waals surface area contributed by atoms with Crippen molar-refractivity contribution < 1.29 is 4.74 Å². The number of nitrogens with one attached hydrogen (secondary N) is 1. The third-order valence-corrected chi connectivity index (χ3v) is 7.78. The number of hydrogen-bond donors (Lipinski definition) is 2. The highest BCUT2D eigenvalue weighted by atomic mass is 16.5. The maximum absolute atomic E-state index is 12.5. The molecule has 0 spiro atoms. The lowest BCUT2D eigenvalue weighted by Crippen LogP contribution is -2.36. The molecule has 0 radical (unpaired) electrons. The molecule has 1 saturated heterocycles. The predicted octanol–water partition coefficient (Wildman–Crippen LogP) is 4.73. The van der Waals surface area contributed by atoms with Gasteiger partial charge in [0.1, 0.15) is 5.52 Å². The summed E-state index contributed by atoms with van der Waals surface area (Å²) >= 11 is 0. The van der Waals surface area contributed by atoms with Gasteiger partial charge >= 0.3 is 11.7 Å². The molecule has 2 fully saturated rings. The number of unbranched alkanes of at least 4 members (excludes halogenated alkanes) is 2. The summed E-state index contributed by atoms with van der Waals surface area (Å²) in [5, 5.41) is 0. The number of nitrogens with two attached hydrogens (primary N) is 1. The summed E-state index contributed by atoms with van der Waals surface area (Å²) in [6.45, 7) is 7.11. The minimum Gasteiger partial charge on any atom is -0.463 e. The molecule has 0 aromatic carbocycles.